The SMILES string of the molecule is CC(C)(C)C(=O)OC1=C(C(=O)C2CCNC2)C(=O)NC1C=Cc1ccccc1. The van der Waals surface area contributed by atoms with Crippen molar-refractivity contribution in [1.82, 2.24) is 10.6 Å². The molecule has 28 heavy (non-hydrogen) atoms. The molecule has 1 amide bonds. The molecule has 2 aliphatic heterocycles. The molecule has 1 fully saturated rings. The summed E-state index contributed by atoms with van der Waals surface area (Å²) in [5.74, 6) is -1.41. The number of nitrogens with one attached hydrogen (secondary N) is 2. The largest absolute Gasteiger partial charge is 0.427 e. The summed E-state index contributed by atoms with van der Waals surface area (Å²) < 4.78 is 5.61. The Morgan fingerprint density at radius 3 is 2.50 bits per heavy atom. The van der Waals surface area contributed by atoms with Gasteiger partial charge in [0.05, 0.1) is 5.41 Å². The van der Waals surface area contributed by atoms with Crippen LogP contribution in [-0.2, 0) is 19.1 Å². The average molecular weight is 382 g/mol. The lowest BCUT2D eigenvalue weighted by atomic mass is 9.95. The van der Waals surface area contributed by atoms with E-state index >= 15 is 0 Å². The molecular formula is C22H26N2O4. The normalized spacial score (nSPS) is 22.6. The Hall–Kier alpha value is -2.73. The summed E-state index contributed by atoms with van der Waals surface area (Å²) in [5, 5.41) is 5.90. The average Bonchev–Trinajstić information content (AvgIpc) is 3.28. The van der Waals surface area contributed by atoms with E-state index in [1.165, 1.54) is 0 Å². The standard InChI is InChI=1S/C22H26N2O4/c1-22(2,3)21(27)28-19-16(10-9-14-7-5-4-6-8-14)24-20(26)17(19)18(25)15-11-12-23-13-15/h4-10,15-16,23H,11-13H2,1-3H3,(H,24,26). The van der Waals surface area contributed by atoms with Crippen molar-refractivity contribution in [2.45, 2.75) is 33.2 Å². The molecule has 0 bridgehead atoms. The highest BCUT2D eigenvalue weighted by atomic mass is 16.5. The predicted molar refractivity (Wildman–Crippen MR) is 106 cm³/mol. The number of carbonyl (C=O) groups excluding carboxylic acids is 3. The van der Waals surface area contributed by atoms with Gasteiger partial charge in [0.25, 0.3) is 5.91 Å². The first kappa shape index (κ1) is 20.0. The van der Waals surface area contributed by atoms with Gasteiger partial charge in [-0.2, -0.15) is 0 Å². The molecule has 0 saturated carbocycles. The molecule has 6 heteroatoms. The predicted octanol–water partition coefficient (Wildman–Crippen LogP) is 2.22. The number of benzene rings is 1. The van der Waals surface area contributed by atoms with Crippen LogP contribution in [-0.4, -0.2) is 36.8 Å². The van der Waals surface area contributed by atoms with Gasteiger partial charge in [-0.1, -0.05) is 42.5 Å². The van der Waals surface area contributed by atoms with E-state index in [2.05, 4.69) is 10.6 Å². The first-order valence-corrected chi connectivity index (χ1v) is 9.53. The van der Waals surface area contributed by atoms with Crippen molar-refractivity contribution in [2.75, 3.05) is 13.1 Å². The molecule has 1 aromatic rings. The van der Waals surface area contributed by atoms with E-state index in [1.54, 1.807) is 26.8 Å². The first-order chi connectivity index (χ1) is 13.3. The zero-order valence-corrected chi connectivity index (χ0v) is 16.5. The molecule has 1 aromatic carbocycles. The third kappa shape index (κ3) is 4.39. The van der Waals surface area contributed by atoms with Gasteiger partial charge >= 0.3 is 5.97 Å². The third-order valence-corrected chi connectivity index (χ3v) is 4.82. The number of esters is 1. The van der Waals surface area contributed by atoms with Crippen molar-refractivity contribution in [2.24, 2.45) is 11.3 Å². The Kier molecular flexibility index (Phi) is 5.79. The van der Waals surface area contributed by atoms with Gasteiger partial charge in [-0.3, -0.25) is 14.4 Å². The van der Waals surface area contributed by atoms with Crippen LogP contribution in [0.3, 0.4) is 0 Å². The van der Waals surface area contributed by atoms with E-state index in [1.807, 2.05) is 36.4 Å². The summed E-state index contributed by atoms with van der Waals surface area (Å²) in [6.45, 7) is 6.46. The van der Waals surface area contributed by atoms with Crippen molar-refractivity contribution in [3.63, 3.8) is 0 Å². The minimum absolute atomic E-state index is 0.0333. The number of Topliss-reactive ketones (excluding diaryl/α,β-unsaturated/α-hetero) is 1. The highest BCUT2D eigenvalue weighted by Crippen LogP contribution is 2.28. The highest BCUT2D eigenvalue weighted by Gasteiger charge is 2.41. The smallest absolute Gasteiger partial charge is 0.316 e. The van der Waals surface area contributed by atoms with Crippen LogP contribution in [0.1, 0.15) is 32.8 Å². The topological polar surface area (TPSA) is 84.5 Å². The Bertz CT molecular complexity index is 828. The molecule has 3 rings (SSSR count). The molecule has 2 heterocycles. The van der Waals surface area contributed by atoms with Crippen molar-refractivity contribution in [3.8, 4) is 0 Å². The second-order valence-corrected chi connectivity index (χ2v) is 8.15. The number of hydrogen-bond acceptors (Lipinski definition) is 5. The maximum Gasteiger partial charge on any atom is 0.316 e. The fraction of sp³-hybridized carbons (Fsp3) is 0.409. The quantitative estimate of drug-likeness (QED) is 0.603. The summed E-state index contributed by atoms with van der Waals surface area (Å²) in [6.07, 6.45) is 4.24. The summed E-state index contributed by atoms with van der Waals surface area (Å²) in [7, 11) is 0. The third-order valence-electron chi connectivity index (χ3n) is 4.82. The molecule has 6 nitrogen and oxygen atoms in total. The molecule has 2 N–H and O–H groups in total. The molecule has 148 valence electrons. The van der Waals surface area contributed by atoms with Crippen LogP contribution in [0.4, 0.5) is 0 Å². The first-order valence-electron chi connectivity index (χ1n) is 9.53. The van der Waals surface area contributed by atoms with E-state index in [9.17, 15) is 14.4 Å². The van der Waals surface area contributed by atoms with Crippen molar-refractivity contribution < 1.29 is 19.1 Å². The molecule has 0 radical (unpaired) electrons. The van der Waals surface area contributed by atoms with Gasteiger partial charge in [0, 0.05) is 12.5 Å². The maximum absolute atomic E-state index is 12.9. The zero-order valence-electron chi connectivity index (χ0n) is 16.5. The van der Waals surface area contributed by atoms with E-state index in [-0.39, 0.29) is 23.0 Å². The van der Waals surface area contributed by atoms with Gasteiger partial charge in [0.15, 0.2) is 11.5 Å². The Morgan fingerprint density at radius 1 is 1.18 bits per heavy atom. The van der Waals surface area contributed by atoms with Crippen LogP contribution in [0.2, 0.25) is 0 Å². The molecule has 2 aliphatic rings. The van der Waals surface area contributed by atoms with Crippen LogP contribution >= 0.6 is 0 Å². The number of ketones is 1. The summed E-state index contributed by atoms with van der Waals surface area (Å²) in [5.41, 5.74) is 0.155. The monoisotopic (exact) mass is 382 g/mol. The molecule has 0 aromatic heterocycles. The van der Waals surface area contributed by atoms with E-state index in [0.29, 0.717) is 13.0 Å². The molecule has 0 aliphatic carbocycles. The Labute approximate surface area is 165 Å². The van der Waals surface area contributed by atoms with Gasteiger partial charge in [-0.15, -0.1) is 0 Å². The van der Waals surface area contributed by atoms with E-state index in [0.717, 1.165) is 12.1 Å². The second-order valence-electron chi connectivity index (χ2n) is 8.15. The van der Waals surface area contributed by atoms with Crippen molar-refractivity contribution in [1.29, 1.82) is 0 Å². The molecule has 0 spiro atoms. The van der Waals surface area contributed by atoms with E-state index in [4.69, 9.17) is 4.74 Å². The lowest BCUT2D eigenvalue weighted by molar-refractivity contribution is -0.148. The number of carbonyl (C=O) groups is 3. The van der Waals surface area contributed by atoms with Crippen molar-refractivity contribution >= 4 is 23.7 Å². The van der Waals surface area contributed by atoms with Crippen LogP contribution in [0.25, 0.3) is 6.08 Å². The fourth-order valence-electron chi connectivity index (χ4n) is 3.14. The number of amides is 1. The molecule has 2 unspecified atom stereocenters. The van der Waals surface area contributed by atoms with Crippen LogP contribution in [0, 0.1) is 11.3 Å². The Balaban J connectivity index is 1.94. The zero-order chi connectivity index (χ0) is 20.3. The molecule has 2 atom stereocenters. The van der Waals surface area contributed by atoms with E-state index < -0.39 is 23.3 Å². The second kappa shape index (κ2) is 8.10. The number of hydrogen-bond donors (Lipinski definition) is 2. The van der Waals surface area contributed by atoms with Crippen LogP contribution in [0.5, 0.6) is 0 Å². The number of rotatable bonds is 5. The van der Waals surface area contributed by atoms with Gasteiger partial charge in [0.1, 0.15) is 11.6 Å². The lowest BCUT2D eigenvalue weighted by Gasteiger charge is -2.19. The summed E-state index contributed by atoms with van der Waals surface area (Å²) >= 11 is 0. The molecule has 1 saturated heterocycles. The minimum Gasteiger partial charge on any atom is -0.427 e. The fourth-order valence-corrected chi connectivity index (χ4v) is 3.14. The summed E-state index contributed by atoms with van der Waals surface area (Å²) in [4.78, 5) is 38.0. The Morgan fingerprint density at radius 2 is 1.89 bits per heavy atom. The van der Waals surface area contributed by atoms with Gasteiger partial charge < -0.3 is 15.4 Å². The lowest BCUT2D eigenvalue weighted by Crippen LogP contribution is -2.30. The van der Waals surface area contributed by atoms with Crippen LogP contribution < -0.4 is 10.6 Å². The minimum atomic E-state index is -0.755. The van der Waals surface area contributed by atoms with Gasteiger partial charge in [-0.25, -0.2) is 0 Å². The van der Waals surface area contributed by atoms with Gasteiger partial charge in [0.2, 0.25) is 0 Å². The maximum atomic E-state index is 12.9. The summed E-state index contributed by atoms with van der Waals surface area (Å²) in [6, 6.07) is 8.92. The highest BCUT2D eigenvalue weighted by molar-refractivity contribution is 6.22. The van der Waals surface area contributed by atoms with Crippen molar-refractivity contribution in [3.05, 3.63) is 53.3 Å². The van der Waals surface area contributed by atoms with Crippen LogP contribution in [0.15, 0.2) is 47.7 Å². The number of ether oxygens (including phenoxy) is 1. The molecular weight excluding hydrogens is 356 g/mol. The van der Waals surface area contributed by atoms with Gasteiger partial charge in [-0.05, 0) is 39.3 Å².